The van der Waals surface area contributed by atoms with E-state index in [2.05, 4.69) is 30.5 Å². The molecule has 1 aromatic rings. The van der Waals surface area contributed by atoms with Crippen molar-refractivity contribution in [3.8, 4) is 17.9 Å². The zero-order valence-corrected chi connectivity index (χ0v) is 9.93. The molecule has 0 saturated heterocycles. The monoisotopic (exact) mass is 227 g/mol. The molecule has 1 aliphatic rings. The molecule has 0 N–H and O–H groups in total. The molecule has 1 aromatic carbocycles. The minimum absolute atomic E-state index is 0.183. The molecule has 0 heterocycles. The average molecular weight is 227 g/mol. The first-order valence-corrected chi connectivity index (χ1v) is 6.05. The number of rotatable bonds is 2. The highest BCUT2D eigenvalue weighted by atomic mass is 32.1. The molecule has 1 nitrogen and oxygen atoms in total. The van der Waals surface area contributed by atoms with Crippen LogP contribution in [0.2, 0.25) is 0 Å². The lowest BCUT2D eigenvalue weighted by atomic mass is 9.97. The number of hydrogen-bond donors (Lipinski definition) is 1. The molecule has 0 spiro atoms. The summed E-state index contributed by atoms with van der Waals surface area (Å²) in [6, 6.07) is 10.4. The molecular formula is C14H13NS. The van der Waals surface area contributed by atoms with Gasteiger partial charge in [-0.1, -0.05) is 24.0 Å². The Morgan fingerprint density at radius 3 is 2.44 bits per heavy atom. The largest absolute Gasteiger partial charge is 0.197 e. The Hall–Kier alpha value is -1.38. The van der Waals surface area contributed by atoms with E-state index in [1.54, 1.807) is 0 Å². The second-order valence-corrected chi connectivity index (χ2v) is 4.49. The summed E-state index contributed by atoms with van der Waals surface area (Å²) in [5.74, 6) is 6.92. The summed E-state index contributed by atoms with van der Waals surface area (Å²) in [6.07, 6.45) is 2.80. The van der Waals surface area contributed by atoms with Crippen LogP contribution in [0.3, 0.4) is 0 Å². The van der Waals surface area contributed by atoms with E-state index in [-0.39, 0.29) is 5.41 Å². The van der Waals surface area contributed by atoms with Gasteiger partial charge in [0.2, 0.25) is 0 Å². The van der Waals surface area contributed by atoms with Gasteiger partial charge in [0.1, 0.15) is 0 Å². The van der Waals surface area contributed by atoms with Gasteiger partial charge in [-0.25, -0.2) is 0 Å². The minimum Gasteiger partial charge on any atom is -0.197 e. The first-order chi connectivity index (χ1) is 7.80. The van der Waals surface area contributed by atoms with Gasteiger partial charge in [0.25, 0.3) is 0 Å². The zero-order chi connectivity index (χ0) is 11.4. The Morgan fingerprint density at radius 1 is 1.25 bits per heavy atom. The van der Waals surface area contributed by atoms with Gasteiger partial charge in [0.05, 0.1) is 11.5 Å². The van der Waals surface area contributed by atoms with E-state index in [9.17, 15) is 0 Å². The van der Waals surface area contributed by atoms with Gasteiger partial charge in [0, 0.05) is 17.7 Å². The Kier molecular flexibility index (Phi) is 3.22. The van der Waals surface area contributed by atoms with Crippen molar-refractivity contribution in [1.82, 2.24) is 0 Å². The van der Waals surface area contributed by atoms with Gasteiger partial charge >= 0.3 is 0 Å². The van der Waals surface area contributed by atoms with Gasteiger partial charge < -0.3 is 0 Å². The van der Waals surface area contributed by atoms with E-state index in [0.717, 1.165) is 36.1 Å². The highest BCUT2D eigenvalue weighted by Gasteiger charge is 2.44. The standard InChI is InChI=1S/C14H13NS/c15-11-14(8-9-14)13-6-4-12(5-7-13)3-1-2-10-16/h4-7,16H,2,8-10H2. The average Bonchev–Trinajstić information content (AvgIpc) is 3.11. The van der Waals surface area contributed by atoms with Gasteiger partial charge in [0.15, 0.2) is 0 Å². The highest BCUT2D eigenvalue weighted by molar-refractivity contribution is 7.80. The molecule has 0 atom stereocenters. The second-order valence-electron chi connectivity index (χ2n) is 4.05. The van der Waals surface area contributed by atoms with Gasteiger partial charge in [-0.15, -0.1) is 0 Å². The third-order valence-electron chi connectivity index (χ3n) is 2.87. The Bertz CT molecular complexity index is 466. The van der Waals surface area contributed by atoms with Crippen LogP contribution in [0.25, 0.3) is 0 Å². The van der Waals surface area contributed by atoms with Crippen LogP contribution < -0.4 is 0 Å². The van der Waals surface area contributed by atoms with Crippen molar-refractivity contribution in [3.63, 3.8) is 0 Å². The summed E-state index contributed by atoms with van der Waals surface area (Å²) >= 11 is 4.10. The molecule has 1 saturated carbocycles. The van der Waals surface area contributed by atoms with Crippen LogP contribution in [0.1, 0.15) is 30.4 Å². The summed E-state index contributed by atoms with van der Waals surface area (Å²) in [6.45, 7) is 0. The van der Waals surface area contributed by atoms with Crippen LogP contribution >= 0.6 is 12.6 Å². The van der Waals surface area contributed by atoms with E-state index >= 15 is 0 Å². The predicted molar refractivity (Wildman–Crippen MR) is 68.3 cm³/mol. The van der Waals surface area contributed by atoms with E-state index in [4.69, 9.17) is 5.26 Å². The first-order valence-electron chi connectivity index (χ1n) is 5.42. The SMILES string of the molecule is N#CC1(c2ccc(C#CCCS)cc2)CC1. The van der Waals surface area contributed by atoms with Crippen molar-refractivity contribution in [3.05, 3.63) is 35.4 Å². The highest BCUT2D eigenvalue weighted by Crippen LogP contribution is 2.47. The van der Waals surface area contributed by atoms with Crippen molar-refractivity contribution in [2.45, 2.75) is 24.7 Å². The van der Waals surface area contributed by atoms with Crippen molar-refractivity contribution < 1.29 is 0 Å². The molecule has 80 valence electrons. The number of nitrogens with zero attached hydrogens (tertiary/aromatic N) is 1. The quantitative estimate of drug-likeness (QED) is 0.609. The van der Waals surface area contributed by atoms with Gasteiger partial charge in [-0.05, 0) is 30.5 Å². The fourth-order valence-electron chi connectivity index (χ4n) is 1.68. The van der Waals surface area contributed by atoms with E-state index in [1.165, 1.54) is 0 Å². The minimum atomic E-state index is -0.183. The first kappa shape index (κ1) is 11.1. The number of nitriles is 1. The summed E-state index contributed by atoms with van der Waals surface area (Å²) in [5.41, 5.74) is 1.96. The van der Waals surface area contributed by atoms with Crippen LogP contribution in [-0.2, 0) is 5.41 Å². The summed E-state index contributed by atoms with van der Waals surface area (Å²) in [5, 5.41) is 9.07. The Balaban J connectivity index is 2.13. The molecular weight excluding hydrogens is 214 g/mol. The number of thiol groups is 1. The fourth-order valence-corrected chi connectivity index (χ4v) is 1.79. The van der Waals surface area contributed by atoms with Crippen molar-refractivity contribution in [2.24, 2.45) is 0 Å². The lowest BCUT2D eigenvalue weighted by Gasteiger charge is -2.04. The molecule has 0 bridgehead atoms. The molecule has 0 unspecified atom stereocenters. The van der Waals surface area contributed by atoms with Gasteiger partial charge in [-0.3, -0.25) is 0 Å². The van der Waals surface area contributed by atoms with Crippen molar-refractivity contribution >= 4 is 12.6 Å². The molecule has 2 heteroatoms. The molecule has 0 aromatic heterocycles. The topological polar surface area (TPSA) is 23.8 Å². The molecule has 0 amide bonds. The van der Waals surface area contributed by atoms with E-state index in [0.29, 0.717) is 0 Å². The molecule has 16 heavy (non-hydrogen) atoms. The fraction of sp³-hybridized carbons (Fsp3) is 0.357. The van der Waals surface area contributed by atoms with Crippen LogP contribution in [0, 0.1) is 23.2 Å². The smallest absolute Gasteiger partial charge is 0.0823 e. The zero-order valence-electron chi connectivity index (χ0n) is 9.03. The van der Waals surface area contributed by atoms with Crippen LogP contribution in [-0.4, -0.2) is 5.75 Å². The van der Waals surface area contributed by atoms with Crippen molar-refractivity contribution in [1.29, 1.82) is 5.26 Å². The number of benzene rings is 1. The third kappa shape index (κ3) is 2.23. The molecule has 2 rings (SSSR count). The molecule has 1 aliphatic carbocycles. The molecule has 0 radical (unpaired) electrons. The summed E-state index contributed by atoms with van der Waals surface area (Å²) < 4.78 is 0. The molecule has 0 aliphatic heterocycles. The Morgan fingerprint density at radius 2 is 1.94 bits per heavy atom. The van der Waals surface area contributed by atoms with Crippen LogP contribution in [0.5, 0.6) is 0 Å². The lowest BCUT2D eigenvalue weighted by Crippen LogP contribution is -2.01. The summed E-state index contributed by atoms with van der Waals surface area (Å²) in [4.78, 5) is 0. The maximum absolute atomic E-state index is 9.07. The predicted octanol–water partition coefficient (Wildman–Crippen LogP) is 2.91. The van der Waals surface area contributed by atoms with Crippen LogP contribution in [0.4, 0.5) is 0 Å². The maximum Gasteiger partial charge on any atom is 0.0823 e. The van der Waals surface area contributed by atoms with E-state index < -0.39 is 0 Å². The Labute approximate surface area is 102 Å². The number of hydrogen-bond acceptors (Lipinski definition) is 2. The van der Waals surface area contributed by atoms with Crippen molar-refractivity contribution in [2.75, 3.05) is 5.75 Å². The van der Waals surface area contributed by atoms with E-state index in [1.807, 2.05) is 24.3 Å². The van der Waals surface area contributed by atoms with Gasteiger partial charge in [-0.2, -0.15) is 17.9 Å². The third-order valence-corrected chi connectivity index (χ3v) is 3.09. The van der Waals surface area contributed by atoms with Crippen LogP contribution in [0.15, 0.2) is 24.3 Å². The summed E-state index contributed by atoms with van der Waals surface area (Å²) in [7, 11) is 0. The second kappa shape index (κ2) is 4.64. The maximum atomic E-state index is 9.07. The normalized spacial score (nSPS) is 15.8. The molecule has 1 fully saturated rings. The lowest BCUT2D eigenvalue weighted by molar-refractivity contribution is 0.908.